The van der Waals surface area contributed by atoms with Crippen LogP contribution in [0.15, 0.2) is 29.1 Å². The zero-order valence-electron chi connectivity index (χ0n) is 21.7. The second kappa shape index (κ2) is 8.86. The van der Waals surface area contributed by atoms with E-state index >= 15 is 0 Å². The fraction of sp³-hybridized carbons (Fsp3) is 0.586. The molecular weight excluding hydrogens is 450 g/mol. The molecule has 0 saturated heterocycles. The molecule has 0 atom stereocenters. The molecule has 190 valence electrons. The number of hydrogen-bond acceptors (Lipinski definition) is 4. The molecule has 0 spiro atoms. The quantitative estimate of drug-likeness (QED) is 0.527. The number of carbonyl (C=O) groups is 1. The number of nitrogens with zero attached hydrogens (tertiary/aromatic N) is 4. The first-order valence-electron chi connectivity index (χ1n) is 13.6. The van der Waals surface area contributed by atoms with E-state index in [9.17, 15) is 9.59 Å². The summed E-state index contributed by atoms with van der Waals surface area (Å²) < 4.78 is 3.30. The Kier molecular flexibility index (Phi) is 5.77. The summed E-state index contributed by atoms with van der Waals surface area (Å²) in [6, 6.07) is 8.10. The van der Waals surface area contributed by atoms with Gasteiger partial charge in [0, 0.05) is 19.5 Å². The Morgan fingerprint density at radius 2 is 1.64 bits per heavy atom. The third-order valence-electron chi connectivity index (χ3n) is 9.06. The van der Waals surface area contributed by atoms with Crippen LogP contribution in [0.25, 0.3) is 16.6 Å². The van der Waals surface area contributed by atoms with Crippen molar-refractivity contribution in [1.82, 2.24) is 24.9 Å². The molecule has 1 aromatic carbocycles. The van der Waals surface area contributed by atoms with Gasteiger partial charge in [-0.05, 0) is 101 Å². The fourth-order valence-electron chi connectivity index (χ4n) is 7.84. The van der Waals surface area contributed by atoms with Crippen LogP contribution in [0.3, 0.4) is 0 Å². The molecule has 1 amide bonds. The maximum atomic E-state index is 13.2. The van der Waals surface area contributed by atoms with Crippen molar-refractivity contribution in [2.24, 2.45) is 23.2 Å². The number of benzene rings is 1. The zero-order chi connectivity index (χ0) is 25.0. The first kappa shape index (κ1) is 23.4. The van der Waals surface area contributed by atoms with Crippen molar-refractivity contribution in [3.8, 4) is 5.69 Å². The van der Waals surface area contributed by atoms with Crippen LogP contribution in [0.2, 0.25) is 0 Å². The molecule has 4 saturated carbocycles. The number of amides is 1. The van der Waals surface area contributed by atoms with Gasteiger partial charge in [0.2, 0.25) is 5.91 Å². The van der Waals surface area contributed by atoms with Gasteiger partial charge in [-0.1, -0.05) is 17.7 Å². The molecule has 1 N–H and O–H groups in total. The van der Waals surface area contributed by atoms with Crippen LogP contribution in [0.5, 0.6) is 0 Å². The predicted molar refractivity (Wildman–Crippen MR) is 140 cm³/mol. The first-order valence-corrected chi connectivity index (χ1v) is 13.6. The van der Waals surface area contributed by atoms with Gasteiger partial charge in [0.15, 0.2) is 5.52 Å². The second-order valence-electron chi connectivity index (χ2n) is 12.0. The van der Waals surface area contributed by atoms with Gasteiger partial charge in [0.1, 0.15) is 0 Å². The van der Waals surface area contributed by atoms with Gasteiger partial charge in [0.25, 0.3) is 5.56 Å². The number of carbonyl (C=O) groups excluding carboxylic acids is 1. The topological polar surface area (TPSA) is 81.8 Å². The largest absolute Gasteiger partial charge is 0.356 e. The van der Waals surface area contributed by atoms with Crippen LogP contribution in [-0.4, -0.2) is 32.0 Å². The summed E-state index contributed by atoms with van der Waals surface area (Å²) in [6.07, 6.45) is 9.15. The average molecular weight is 488 g/mol. The van der Waals surface area contributed by atoms with E-state index in [0.29, 0.717) is 30.3 Å². The molecule has 2 aromatic heterocycles. The molecule has 4 aliphatic carbocycles. The van der Waals surface area contributed by atoms with E-state index in [2.05, 4.69) is 15.5 Å². The number of aryl methyl sites for hydroxylation is 4. The summed E-state index contributed by atoms with van der Waals surface area (Å²) in [5, 5.41) is 13.3. The lowest BCUT2D eigenvalue weighted by Crippen LogP contribution is -2.51. The Labute approximate surface area is 212 Å². The van der Waals surface area contributed by atoms with E-state index in [1.807, 2.05) is 49.7 Å². The molecule has 36 heavy (non-hydrogen) atoms. The molecular formula is C29H37N5O2. The van der Waals surface area contributed by atoms with E-state index in [-0.39, 0.29) is 11.5 Å². The van der Waals surface area contributed by atoms with E-state index in [1.165, 1.54) is 48.8 Å². The molecule has 0 unspecified atom stereocenters. The van der Waals surface area contributed by atoms with Gasteiger partial charge < -0.3 is 5.32 Å². The van der Waals surface area contributed by atoms with Gasteiger partial charge in [-0.25, -0.2) is 9.36 Å². The van der Waals surface area contributed by atoms with Crippen LogP contribution in [-0.2, 0) is 11.3 Å². The van der Waals surface area contributed by atoms with Crippen molar-refractivity contribution < 1.29 is 4.79 Å². The lowest BCUT2D eigenvalue weighted by Gasteiger charge is -2.56. The van der Waals surface area contributed by atoms with Crippen LogP contribution < -0.4 is 10.9 Å². The maximum absolute atomic E-state index is 13.2. The van der Waals surface area contributed by atoms with E-state index in [4.69, 9.17) is 0 Å². The van der Waals surface area contributed by atoms with Crippen molar-refractivity contribution in [2.75, 3.05) is 6.54 Å². The molecule has 4 aliphatic rings. The molecule has 0 radical (unpaired) electrons. The highest BCUT2D eigenvalue weighted by Gasteiger charge is 2.50. The molecule has 7 nitrogen and oxygen atoms in total. The Morgan fingerprint density at radius 1 is 1.00 bits per heavy atom. The standard InChI is InChI=1S/C29H37N5O2/c1-18-6-8-24(9-7-18)34-20(3)26-19(2)31-33(28(36)27(26)32-34)10-4-5-25(35)30-17-29-14-21-11-22(15-29)13-23(12-21)16-29/h6-9,21-23H,4-5,10-17H2,1-3H3,(H,30,35). The molecule has 2 heterocycles. The van der Waals surface area contributed by atoms with Gasteiger partial charge in [0.05, 0.1) is 22.5 Å². The minimum Gasteiger partial charge on any atom is -0.356 e. The summed E-state index contributed by atoms with van der Waals surface area (Å²) in [5.74, 6) is 2.77. The monoisotopic (exact) mass is 487 g/mol. The van der Waals surface area contributed by atoms with Gasteiger partial charge in [-0.15, -0.1) is 0 Å². The fourth-order valence-corrected chi connectivity index (χ4v) is 7.84. The van der Waals surface area contributed by atoms with Crippen molar-refractivity contribution in [1.29, 1.82) is 0 Å². The minimum atomic E-state index is -0.196. The maximum Gasteiger partial charge on any atom is 0.295 e. The van der Waals surface area contributed by atoms with Crippen LogP contribution in [0.1, 0.15) is 68.3 Å². The number of nitrogens with one attached hydrogen (secondary N) is 1. The summed E-state index contributed by atoms with van der Waals surface area (Å²) in [7, 11) is 0. The number of hydrogen-bond donors (Lipinski definition) is 1. The van der Waals surface area contributed by atoms with Crippen molar-refractivity contribution in [2.45, 2.75) is 78.7 Å². The SMILES string of the molecule is Cc1ccc(-n2nc3c(=O)n(CCCC(=O)NCC45CC6CC(CC(C6)C4)C5)nc(C)c3c2C)cc1. The Balaban J connectivity index is 1.11. The third kappa shape index (κ3) is 4.16. The van der Waals surface area contributed by atoms with E-state index in [0.717, 1.165) is 46.8 Å². The molecule has 0 aliphatic heterocycles. The predicted octanol–water partition coefficient (Wildman–Crippen LogP) is 4.62. The number of fused-ring (bicyclic) bond motifs is 1. The third-order valence-corrected chi connectivity index (χ3v) is 9.06. The molecule has 7 rings (SSSR count). The highest BCUT2D eigenvalue weighted by atomic mass is 16.1. The summed E-state index contributed by atoms with van der Waals surface area (Å²) in [5.41, 5.74) is 4.38. The molecule has 3 aromatic rings. The lowest BCUT2D eigenvalue weighted by atomic mass is 9.49. The molecule has 4 fully saturated rings. The lowest BCUT2D eigenvalue weighted by molar-refractivity contribution is -0.123. The van der Waals surface area contributed by atoms with Crippen LogP contribution in [0, 0.1) is 43.9 Å². The summed E-state index contributed by atoms with van der Waals surface area (Å²) in [6.45, 7) is 7.18. The van der Waals surface area contributed by atoms with Gasteiger partial charge in [-0.2, -0.15) is 10.2 Å². The zero-order valence-corrected chi connectivity index (χ0v) is 21.7. The average Bonchev–Trinajstić information content (AvgIpc) is 3.18. The van der Waals surface area contributed by atoms with Crippen molar-refractivity contribution in [3.05, 3.63) is 51.6 Å². The highest BCUT2D eigenvalue weighted by molar-refractivity contribution is 5.83. The second-order valence-corrected chi connectivity index (χ2v) is 12.0. The molecule has 4 bridgehead atoms. The van der Waals surface area contributed by atoms with Gasteiger partial charge >= 0.3 is 0 Å². The number of aromatic nitrogens is 4. The Hall–Kier alpha value is -2.96. The number of rotatable bonds is 7. The summed E-state index contributed by atoms with van der Waals surface area (Å²) >= 11 is 0. The minimum absolute atomic E-state index is 0.0936. The van der Waals surface area contributed by atoms with Crippen LogP contribution >= 0.6 is 0 Å². The van der Waals surface area contributed by atoms with E-state index in [1.54, 1.807) is 0 Å². The normalized spacial score (nSPS) is 26.6. The first-order chi connectivity index (χ1) is 17.3. The summed E-state index contributed by atoms with van der Waals surface area (Å²) in [4.78, 5) is 25.9. The van der Waals surface area contributed by atoms with Crippen LogP contribution in [0.4, 0.5) is 0 Å². The Bertz CT molecular complexity index is 1330. The van der Waals surface area contributed by atoms with Crippen molar-refractivity contribution in [3.63, 3.8) is 0 Å². The smallest absolute Gasteiger partial charge is 0.295 e. The molecule has 7 heteroatoms. The Morgan fingerprint density at radius 3 is 2.28 bits per heavy atom. The van der Waals surface area contributed by atoms with Crippen molar-refractivity contribution >= 4 is 16.8 Å². The highest BCUT2D eigenvalue weighted by Crippen LogP contribution is 2.59. The van der Waals surface area contributed by atoms with E-state index < -0.39 is 0 Å². The van der Waals surface area contributed by atoms with Gasteiger partial charge in [-0.3, -0.25) is 9.59 Å².